The van der Waals surface area contributed by atoms with Crippen LogP contribution < -0.4 is 0 Å². The van der Waals surface area contributed by atoms with Crippen LogP contribution in [0.1, 0.15) is 15.2 Å². The minimum absolute atomic E-state index is 0.112. The number of carboxylic acids is 1. The molecule has 0 bridgehead atoms. The second-order valence-electron chi connectivity index (χ2n) is 3.56. The van der Waals surface area contributed by atoms with E-state index in [0.717, 1.165) is 7.05 Å². The van der Waals surface area contributed by atoms with Gasteiger partial charge in [-0.05, 0) is 18.6 Å². The van der Waals surface area contributed by atoms with Gasteiger partial charge in [-0.15, -0.1) is 11.3 Å². The van der Waals surface area contributed by atoms with Crippen molar-refractivity contribution in [1.29, 1.82) is 0 Å². The summed E-state index contributed by atoms with van der Waals surface area (Å²) in [6.45, 7) is 0.522. The highest BCUT2D eigenvalue weighted by atomic mass is 32.2. The fourth-order valence-corrected chi connectivity index (χ4v) is 3.98. The fourth-order valence-electron chi connectivity index (χ4n) is 1.24. The van der Waals surface area contributed by atoms with Gasteiger partial charge in [0.2, 0.25) is 0 Å². The first-order valence-electron chi connectivity index (χ1n) is 4.74. The van der Waals surface area contributed by atoms with Gasteiger partial charge in [-0.3, -0.25) is 0 Å². The first-order valence-corrected chi connectivity index (χ1v) is 7.00. The smallest absolute Gasteiger partial charge is 0.346 e. The quantitative estimate of drug-likeness (QED) is 0.897. The Morgan fingerprint density at radius 3 is 2.50 bits per heavy atom. The Kier molecular flexibility index (Phi) is 4.41. The number of halogens is 2. The van der Waals surface area contributed by atoms with Gasteiger partial charge in [-0.2, -0.15) is 4.31 Å². The average molecular weight is 299 g/mol. The van der Waals surface area contributed by atoms with E-state index in [2.05, 4.69) is 0 Å². The first-order chi connectivity index (χ1) is 8.16. The molecule has 5 nitrogen and oxygen atoms in total. The molecule has 0 amide bonds. The number of hydrogen-bond acceptors (Lipinski definition) is 4. The molecule has 0 aromatic carbocycles. The van der Waals surface area contributed by atoms with Gasteiger partial charge in [-0.1, -0.05) is 0 Å². The van der Waals surface area contributed by atoms with Crippen LogP contribution in [0.4, 0.5) is 8.78 Å². The van der Waals surface area contributed by atoms with Crippen LogP contribution in [-0.2, 0) is 10.0 Å². The van der Waals surface area contributed by atoms with E-state index < -0.39 is 29.0 Å². The number of rotatable bonds is 5. The number of carboxylic acid groups (broad SMARTS) is 1. The van der Waals surface area contributed by atoms with Gasteiger partial charge >= 0.3 is 5.97 Å². The predicted octanol–water partition coefficient (Wildman–Crippen LogP) is 1.64. The van der Waals surface area contributed by atoms with E-state index in [1.54, 1.807) is 0 Å². The van der Waals surface area contributed by atoms with Gasteiger partial charge in [0.1, 0.15) is 9.09 Å². The van der Waals surface area contributed by atoms with Gasteiger partial charge in [-0.25, -0.2) is 22.0 Å². The Hall–Kier alpha value is -1.06. The molecule has 0 unspecified atom stereocenters. The van der Waals surface area contributed by atoms with Gasteiger partial charge in [0.25, 0.3) is 16.4 Å². The van der Waals surface area contributed by atoms with Crippen LogP contribution in [0.25, 0.3) is 0 Å². The zero-order valence-electron chi connectivity index (χ0n) is 9.55. The van der Waals surface area contributed by atoms with Crippen LogP contribution in [0.15, 0.2) is 10.3 Å². The maximum absolute atomic E-state index is 12.1. The topological polar surface area (TPSA) is 74.7 Å². The van der Waals surface area contributed by atoms with Crippen molar-refractivity contribution in [2.24, 2.45) is 0 Å². The van der Waals surface area contributed by atoms with Crippen molar-refractivity contribution in [1.82, 2.24) is 4.31 Å². The van der Waals surface area contributed by atoms with Crippen molar-refractivity contribution < 1.29 is 27.1 Å². The minimum Gasteiger partial charge on any atom is -0.477 e. The number of hydrogen-bond donors (Lipinski definition) is 1. The number of nitrogens with zero attached hydrogens (tertiary/aromatic N) is 1. The van der Waals surface area contributed by atoms with Crippen LogP contribution in [0.5, 0.6) is 0 Å². The zero-order chi connectivity index (χ0) is 14.1. The minimum atomic E-state index is -4.06. The monoisotopic (exact) mass is 299 g/mol. The number of carbonyl (C=O) groups is 1. The molecule has 1 aromatic heterocycles. The highest BCUT2D eigenvalue weighted by molar-refractivity contribution is 7.91. The number of sulfonamides is 1. The van der Waals surface area contributed by atoms with E-state index in [9.17, 15) is 22.0 Å². The Morgan fingerprint density at radius 2 is 2.11 bits per heavy atom. The third-order valence-corrected chi connectivity index (χ3v) is 5.65. The van der Waals surface area contributed by atoms with E-state index in [-0.39, 0.29) is 14.6 Å². The number of aromatic carboxylic acids is 1. The average Bonchev–Trinajstić information content (AvgIpc) is 2.59. The second kappa shape index (κ2) is 5.29. The molecule has 0 saturated heterocycles. The van der Waals surface area contributed by atoms with E-state index in [4.69, 9.17) is 5.11 Å². The highest BCUT2D eigenvalue weighted by Crippen LogP contribution is 2.28. The van der Waals surface area contributed by atoms with Crippen LogP contribution >= 0.6 is 11.3 Å². The summed E-state index contributed by atoms with van der Waals surface area (Å²) in [5.74, 6) is -1.24. The molecule has 18 heavy (non-hydrogen) atoms. The van der Waals surface area contributed by atoms with Crippen molar-refractivity contribution in [2.45, 2.75) is 17.6 Å². The molecule has 0 fully saturated rings. The first kappa shape index (κ1) is 15.0. The summed E-state index contributed by atoms with van der Waals surface area (Å²) in [6.07, 6.45) is -2.79. The Morgan fingerprint density at radius 1 is 1.56 bits per heavy atom. The molecule has 0 atom stereocenters. The molecule has 0 aliphatic carbocycles. The molecular weight excluding hydrogens is 288 g/mol. The lowest BCUT2D eigenvalue weighted by molar-refractivity contribution is 0.0701. The molecule has 102 valence electrons. The molecule has 1 aromatic rings. The van der Waals surface area contributed by atoms with Crippen LogP contribution in [0.3, 0.4) is 0 Å². The summed E-state index contributed by atoms with van der Waals surface area (Å²) >= 11 is 0.556. The van der Waals surface area contributed by atoms with Gasteiger partial charge in [0.15, 0.2) is 0 Å². The Bertz CT molecular complexity index is 553. The molecule has 1 heterocycles. The van der Waals surface area contributed by atoms with E-state index >= 15 is 0 Å². The third-order valence-electron chi connectivity index (χ3n) is 2.15. The molecule has 0 saturated carbocycles. The van der Waals surface area contributed by atoms with Crippen molar-refractivity contribution in [3.05, 3.63) is 16.5 Å². The third kappa shape index (κ3) is 3.03. The highest BCUT2D eigenvalue weighted by Gasteiger charge is 2.27. The molecule has 0 radical (unpaired) electrons. The fraction of sp³-hybridized carbons (Fsp3) is 0.444. The second-order valence-corrected chi connectivity index (χ2v) is 6.88. The summed E-state index contributed by atoms with van der Waals surface area (Å²) in [4.78, 5) is 10.7. The van der Waals surface area contributed by atoms with E-state index in [0.29, 0.717) is 15.6 Å². The van der Waals surface area contributed by atoms with Crippen molar-refractivity contribution >= 4 is 27.3 Å². The normalized spacial score (nSPS) is 12.3. The predicted molar refractivity (Wildman–Crippen MR) is 61.8 cm³/mol. The van der Waals surface area contributed by atoms with Crippen LogP contribution in [0.2, 0.25) is 0 Å². The largest absolute Gasteiger partial charge is 0.477 e. The van der Waals surface area contributed by atoms with Gasteiger partial charge < -0.3 is 5.11 Å². The molecule has 0 aliphatic rings. The van der Waals surface area contributed by atoms with Crippen LogP contribution in [0, 0.1) is 6.92 Å². The lowest BCUT2D eigenvalue weighted by atomic mass is 10.3. The van der Waals surface area contributed by atoms with Crippen LogP contribution in [-0.4, -0.2) is 43.8 Å². The van der Waals surface area contributed by atoms with Gasteiger partial charge in [0.05, 0.1) is 6.54 Å². The van der Waals surface area contributed by atoms with Crippen molar-refractivity contribution in [3.8, 4) is 0 Å². The standard InChI is InChI=1S/C9H11F2NO4S2/c1-5-3-7(17-8(5)9(13)14)18(15,16)12(2)4-6(10)11/h3,6H,4H2,1-2H3,(H,13,14). The molecular formula is C9H11F2NO4S2. The van der Waals surface area contributed by atoms with Crippen molar-refractivity contribution in [2.75, 3.05) is 13.6 Å². The summed E-state index contributed by atoms with van der Waals surface area (Å²) < 4.78 is 48.3. The van der Waals surface area contributed by atoms with E-state index in [1.165, 1.54) is 13.0 Å². The lowest BCUT2D eigenvalue weighted by Crippen LogP contribution is -2.30. The molecule has 1 rings (SSSR count). The summed E-state index contributed by atoms with van der Waals surface area (Å²) in [5.41, 5.74) is 0.288. The number of alkyl halides is 2. The molecule has 0 spiro atoms. The van der Waals surface area contributed by atoms with E-state index in [1.807, 2.05) is 0 Å². The Labute approximate surface area is 107 Å². The Balaban J connectivity index is 3.13. The number of thiophene rings is 1. The van der Waals surface area contributed by atoms with Crippen molar-refractivity contribution in [3.63, 3.8) is 0 Å². The maximum Gasteiger partial charge on any atom is 0.346 e. The zero-order valence-corrected chi connectivity index (χ0v) is 11.2. The molecule has 1 N–H and O–H groups in total. The molecule has 9 heteroatoms. The summed E-state index contributed by atoms with van der Waals surface area (Å²) in [6, 6.07) is 1.17. The molecule has 0 aliphatic heterocycles. The maximum atomic E-state index is 12.1. The lowest BCUT2D eigenvalue weighted by Gasteiger charge is -2.14. The SMILES string of the molecule is Cc1cc(S(=O)(=O)N(C)CC(F)F)sc1C(=O)O. The van der Waals surface area contributed by atoms with Gasteiger partial charge in [0, 0.05) is 7.05 Å². The summed E-state index contributed by atoms with van der Waals surface area (Å²) in [5, 5.41) is 8.81. The number of aryl methyl sites for hydroxylation is 1. The summed E-state index contributed by atoms with van der Waals surface area (Å²) in [7, 11) is -3.04.